The highest BCUT2D eigenvalue weighted by molar-refractivity contribution is 7.89. The molecule has 1 saturated heterocycles. The van der Waals surface area contributed by atoms with E-state index in [1.807, 2.05) is 14.1 Å². The maximum absolute atomic E-state index is 12.5. The average Bonchev–Trinajstić information content (AvgIpc) is 2.95. The largest absolute Gasteiger partial charge is 0.390 e. The van der Waals surface area contributed by atoms with Gasteiger partial charge in [-0.05, 0) is 26.6 Å². The first-order valence-corrected chi connectivity index (χ1v) is 7.73. The van der Waals surface area contributed by atoms with E-state index in [4.69, 9.17) is 5.11 Å². The zero-order chi connectivity index (χ0) is 14.2. The molecular weight excluding hydrogens is 266 g/mol. The Balaban J connectivity index is 2.23. The maximum Gasteiger partial charge on any atom is 0.244 e. The first-order chi connectivity index (χ1) is 8.86. The third-order valence-corrected chi connectivity index (χ3v) is 5.57. The number of hydrogen-bond donors (Lipinski definition) is 1. The summed E-state index contributed by atoms with van der Waals surface area (Å²) in [6.45, 7) is 0.916. The van der Waals surface area contributed by atoms with Crippen molar-refractivity contribution in [2.24, 2.45) is 7.05 Å². The van der Waals surface area contributed by atoms with Crippen molar-refractivity contribution in [3.8, 4) is 0 Å². The van der Waals surface area contributed by atoms with Crippen LogP contribution in [-0.4, -0.2) is 60.5 Å². The van der Waals surface area contributed by atoms with Crippen LogP contribution in [0.4, 0.5) is 0 Å². The molecular formula is C12H21N3O3S. The number of nitrogens with zero attached hydrogens (tertiary/aromatic N) is 3. The molecule has 19 heavy (non-hydrogen) atoms. The van der Waals surface area contributed by atoms with Crippen LogP contribution in [-0.2, 0) is 23.7 Å². The average molecular weight is 287 g/mol. The summed E-state index contributed by atoms with van der Waals surface area (Å²) < 4.78 is 28.2. The summed E-state index contributed by atoms with van der Waals surface area (Å²) in [5.74, 6) is 0. The summed E-state index contributed by atoms with van der Waals surface area (Å²) in [7, 11) is 2.22. The Morgan fingerprint density at radius 2 is 2.16 bits per heavy atom. The zero-order valence-corrected chi connectivity index (χ0v) is 12.4. The second kappa shape index (κ2) is 5.24. The molecule has 1 aliphatic rings. The van der Waals surface area contributed by atoms with Gasteiger partial charge in [-0.25, -0.2) is 8.42 Å². The first-order valence-electron chi connectivity index (χ1n) is 6.29. The van der Waals surface area contributed by atoms with Gasteiger partial charge in [0.1, 0.15) is 4.90 Å². The second-order valence-corrected chi connectivity index (χ2v) is 7.14. The fraction of sp³-hybridized carbons (Fsp3) is 0.667. The van der Waals surface area contributed by atoms with Crippen molar-refractivity contribution in [1.29, 1.82) is 0 Å². The van der Waals surface area contributed by atoms with Crippen LogP contribution in [0.5, 0.6) is 0 Å². The van der Waals surface area contributed by atoms with Gasteiger partial charge in [-0.15, -0.1) is 0 Å². The number of rotatable bonds is 4. The Kier molecular flexibility index (Phi) is 4.00. The second-order valence-electron chi connectivity index (χ2n) is 5.21. The fourth-order valence-electron chi connectivity index (χ4n) is 2.37. The molecule has 1 aromatic rings. The van der Waals surface area contributed by atoms with E-state index >= 15 is 0 Å². The molecule has 1 N–H and O–H groups in total. The number of aromatic nitrogens is 1. The summed E-state index contributed by atoms with van der Waals surface area (Å²) in [5, 5.41) is 9.14. The van der Waals surface area contributed by atoms with E-state index < -0.39 is 10.0 Å². The van der Waals surface area contributed by atoms with E-state index in [-0.39, 0.29) is 17.5 Å². The van der Waals surface area contributed by atoms with Crippen LogP contribution in [0, 0.1) is 0 Å². The Bertz CT molecular complexity index is 551. The monoisotopic (exact) mass is 287 g/mol. The highest BCUT2D eigenvalue weighted by atomic mass is 32.2. The van der Waals surface area contributed by atoms with Gasteiger partial charge in [0.05, 0.1) is 6.61 Å². The lowest BCUT2D eigenvalue weighted by molar-refractivity contribution is 0.272. The predicted octanol–water partition coefficient (Wildman–Crippen LogP) is -0.158. The fourth-order valence-corrected chi connectivity index (χ4v) is 3.96. The molecule has 2 heterocycles. The molecule has 0 saturated carbocycles. The molecule has 0 amide bonds. The van der Waals surface area contributed by atoms with Crippen LogP contribution in [0.15, 0.2) is 17.2 Å². The van der Waals surface area contributed by atoms with Crippen molar-refractivity contribution in [3.63, 3.8) is 0 Å². The molecule has 7 heteroatoms. The first kappa shape index (κ1) is 14.5. The van der Waals surface area contributed by atoms with E-state index in [2.05, 4.69) is 4.90 Å². The number of likely N-dealkylation sites (N-methyl/N-ethyl adjacent to an activating group) is 1. The summed E-state index contributed by atoms with van der Waals surface area (Å²) in [6.07, 6.45) is 2.41. The summed E-state index contributed by atoms with van der Waals surface area (Å²) in [4.78, 5) is 2.32. The van der Waals surface area contributed by atoms with Gasteiger partial charge in [0.15, 0.2) is 0 Å². The van der Waals surface area contributed by atoms with E-state index in [0.717, 1.165) is 6.42 Å². The summed E-state index contributed by atoms with van der Waals surface area (Å²) in [6, 6.07) is 1.81. The van der Waals surface area contributed by atoms with Crippen molar-refractivity contribution in [2.45, 2.75) is 24.0 Å². The van der Waals surface area contributed by atoms with Crippen molar-refractivity contribution in [1.82, 2.24) is 13.8 Å². The Morgan fingerprint density at radius 1 is 1.47 bits per heavy atom. The van der Waals surface area contributed by atoms with Gasteiger partial charge in [-0.3, -0.25) is 0 Å². The van der Waals surface area contributed by atoms with Gasteiger partial charge in [-0.2, -0.15) is 4.31 Å². The normalized spacial score (nSPS) is 21.4. The van der Waals surface area contributed by atoms with E-state index in [1.165, 1.54) is 4.31 Å². The van der Waals surface area contributed by atoms with Crippen molar-refractivity contribution < 1.29 is 13.5 Å². The van der Waals surface area contributed by atoms with E-state index in [1.54, 1.807) is 23.9 Å². The molecule has 6 nitrogen and oxygen atoms in total. The van der Waals surface area contributed by atoms with Crippen LogP contribution < -0.4 is 0 Å². The van der Waals surface area contributed by atoms with Gasteiger partial charge in [-0.1, -0.05) is 0 Å². The number of aryl methyl sites for hydroxylation is 1. The zero-order valence-electron chi connectivity index (χ0n) is 11.6. The number of sulfonamides is 1. The van der Waals surface area contributed by atoms with Gasteiger partial charge in [0.25, 0.3) is 0 Å². The molecule has 0 spiro atoms. The minimum atomic E-state index is -3.44. The molecule has 0 aliphatic carbocycles. The lowest BCUT2D eigenvalue weighted by Crippen LogP contribution is -2.34. The maximum atomic E-state index is 12.5. The van der Waals surface area contributed by atoms with Crippen LogP contribution in [0.3, 0.4) is 0 Å². The van der Waals surface area contributed by atoms with Crippen molar-refractivity contribution >= 4 is 10.0 Å². The van der Waals surface area contributed by atoms with Crippen LogP contribution in [0.2, 0.25) is 0 Å². The summed E-state index contributed by atoms with van der Waals surface area (Å²) in [5.41, 5.74) is 0.599. The minimum Gasteiger partial charge on any atom is -0.390 e. The quantitative estimate of drug-likeness (QED) is 0.836. The molecule has 1 aromatic heterocycles. The molecule has 1 fully saturated rings. The Labute approximate surface area is 114 Å². The molecule has 1 atom stereocenters. The van der Waals surface area contributed by atoms with Crippen LogP contribution in [0.1, 0.15) is 12.1 Å². The van der Waals surface area contributed by atoms with Gasteiger partial charge in [0, 0.05) is 38.1 Å². The number of aliphatic hydroxyl groups is 1. The lowest BCUT2D eigenvalue weighted by Gasteiger charge is -2.19. The Hall–Kier alpha value is -0.890. The van der Waals surface area contributed by atoms with Crippen molar-refractivity contribution in [2.75, 3.05) is 27.2 Å². The summed E-state index contributed by atoms with van der Waals surface area (Å²) >= 11 is 0. The molecule has 1 unspecified atom stereocenters. The van der Waals surface area contributed by atoms with Gasteiger partial charge in [0.2, 0.25) is 10.0 Å². The minimum absolute atomic E-state index is 0.160. The number of hydrogen-bond acceptors (Lipinski definition) is 4. The van der Waals surface area contributed by atoms with Crippen LogP contribution >= 0.6 is 0 Å². The molecule has 2 rings (SSSR count). The SMILES string of the molecule is CN(C)C1CCN(S(=O)(=O)c2cc(CO)n(C)c2)C1. The molecule has 108 valence electrons. The van der Waals surface area contributed by atoms with E-state index in [0.29, 0.717) is 18.8 Å². The molecule has 0 bridgehead atoms. The van der Waals surface area contributed by atoms with Crippen molar-refractivity contribution in [3.05, 3.63) is 18.0 Å². The third kappa shape index (κ3) is 2.69. The highest BCUT2D eigenvalue weighted by Crippen LogP contribution is 2.24. The van der Waals surface area contributed by atoms with E-state index in [9.17, 15) is 8.42 Å². The molecule has 0 radical (unpaired) electrons. The van der Waals surface area contributed by atoms with Gasteiger partial charge < -0.3 is 14.6 Å². The Morgan fingerprint density at radius 3 is 2.63 bits per heavy atom. The third-order valence-electron chi connectivity index (χ3n) is 3.74. The molecule has 0 aromatic carbocycles. The lowest BCUT2D eigenvalue weighted by atomic mass is 10.2. The predicted molar refractivity (Wildman–Crippen MR) is 72.2 cm³/mol. The van der Waals surface area contributed by atoms with Gasteiger partial charge >= 0.3 is 0 Å². The molecule has 1 aliphatic heterocycles. The standard InChI is InChI=1S/C12H21N3O3S/c1-13(2)10-4-5-15(7-10)19(17,18)12-6-11(9-16)14(3)8-12/h6,8,10,16H,4-5,7,9H2,1-3H3. The smallest absolute Gasteiger partial charge is 0.244 e. The topological polar surface area (TPSA) is 65.8 Å². The van der Waals surface area contributed by atoms with Crippen LogP contribution in [0.25, 0.3) is 0 Å². The number of aliphatic hydroxyl groups excluding tert-OH is 1. The highest BCUT2D eigenvalue weighted by Gasteiger charge is 2.34.